The van der Waals surface area contributed by atoms with Crippen molar-refractivity contribution in [2.45, 2.75) is 12.6 Å². The fourth-order valence-corrected chi connectivity index (χ4v) is 2.61. The third-order valence-electron chi connectivity index (χ3n) is 3.53. The Labute approximate surface area is 138 Å². The number of ether oxygens (including phenoxy) is 2. The molecule has 0 aliphatic carbocycles. The van der Waals surface area contributed by atoms with Gasteiger partial charge in [-0.05, 0) is 41.4 Å². The number of methoxy groups -OCH3 is 2. The molecule has 1 aromatic heterocycles. The van der Waals surface area contributed by atoms with Crippen LogP contribution in [0.2, 0.25) is 5.22 Å². The Hall–Kier alpha value is -2.31. The molecule has 0 spiro atoms. The summed E-state index contributed by atoms with van der Waals surface area (Å²) in [5.41, 5.74) is 6.77. The quantitative estimate of drug-likeness (QED) is 0.904. The van der Waals surface area contributed by atoms with Crippen LogP contribution in [0.25, 0.3) is 0 Å². The fourth-order valence-electron chi connectivity index (χ4n) is 2.46. The second-order valence-electron chi connectivity index (χ2n) is 5.01. The molecule has 0 radical (unpaired) electrons. The summed E-state index contributed by atoms with van der Waals surface area (Å²) in [6, 6.07) is 8.92. The number of benzene rings is 1. The van der Waals surface area contributed by atoms with Gasteiger partial charge >= 0.3 is 0 Å². The smallest absolute Gasteiger partial charge is 0.207 e. The molecule has 1 unspecified atom stereocenters. The van der Waals surface area contributed by atoms with E-state index in [1.54, 1.807) is 37.5 Å². The summed E-state index contributed by atoms with van der Waals surface area (Å²) >= 11 is 5.85. The summed E-state index contributed by atoms with van der Waals surface area (Å²) in [5, 5.41) is 2.04. The molecule has 0 saturated carbocycles. The highest BCUT2D eigenvalue weighted by Crippen LogP contribution is 2.34. The Morgan fingerprint density at radius 1 is 1.17 bits per heavy atom. The first-order chi connectivity index (χ1) is 11.1. The summed E-state index contributed by atoms with van der Waals surface area (Å²) in [6.45, 7) is 0.487. The van der Waals surface area contributed by atoms with Crippen LogP contribution < -0.4 is 15.2 Å². The average Bonchev–Trinajstić information content (AvgIpc) is 3.12. The molecule has 1 atom stereocenters. The maximum atomic E-state index is 5.85. The first-order valence-corrected chi connectivity index (χ1v) is 7.36. The molecule has 2 aromatic rings. The number of nitrogens with two attached hydrogens (primary N) is 1. The maximum absolute atomic E-state index is 5.85. The topological polar surface area (TPSA) is 70.1 Å². The van der Waals surface area contributed by atoms with E-state index in [0.29, 0.717) is 34.9 Å². The molecule has 2 N–H and O–H groups in total. The van der Waals surface area contributed by atoms with Gasteiger partial charge in [-0.15, -0.1) is 5.06 Å². The van der Waals surface area contributed by atoms with Gasteiger partial charge in [0.05, 0.1) is 20.8 Å². The molecule has 1 aliphatic rings. The van der Waals surface area contributed by atoms with Crippen LogP contribution in [0.15, 0.2) is 46.7 Å². The molecule has 0 saturated heterocycles. The predicted octanol–water partition coefficient (Wildman–Crippen LogP) is 3.24. The van der Waals surface area contributed by atoms with Crippen LogP contribution >= 0.6 is 11.6 Å². The highest BCUT2D eigenvalue weighted by Gasteiger charge is 2.30. The minimum Gasteiger partial charge on any atom is -0.493 e. The first kappa shape index (κ1) is 15.6. The molecule has 7 heteroatoms. The van der Waals surface area contributed by atoms with Crippen molar-refractivity contribution in [3.63, 3.8) is 0 Å². The Morgan fingerprint density at radius 3 is 2.61 bits per heavy atom. The third kappa shape index (κ3) is 3.23. The summed E-state index contributed by atoms with van der Waals surface area (Å²) in [5.74, 6) is 2.31. The normalized spacial score (nSPS) is 17.7. The highest BCUT2D eigenvalue weighted by atomic mass is 35.5. The molecule has 1 aromatic carbocycles. The van der Waals surface area contributed by atoms with E-state index in [0.717, 1.165) is 5.56 Å². The van der Waals surface area contributed by atoms with Gasteiger partial charge in [0.1, 0.15) is 11.8 Å². The van der Waals surface area contributed by atoms with Gasteiger partial charge in [-0.1, -0.05) is 6.07 Å². The average molecular weight is 337 g/mol. The molecule has 1 aliphatic heterocycles. The van der Waals surface area contributed by atoms with E-state index in [9.17, 15) is 0 Å². The van der Waals surface area contributed by atoms with E-state index in [-0.39, 0.29) is 6.04 Å². The van der Waals surface area contributed by atoms with Gasteiger partial charge < -0.3 is 24.5 Å². The van der Waals surface area contributed by atoms with Gasteiger partial charge in [0.25, 0.3) is 0 Å². The number of hydrogen-bond donors (Lipinski definition) is 1. The number of hydrogen-bond acceptors (Lipinski definition) is 6. The van der Waals surface area contributed by atoms with Crippen LogP contribution in [0.1, 0.15) is 17.4 Å². The van der Waals surface area contributed by atoms with Crippen molar-refractivity contribution in [1.29, 1.82) is 0 Å². The lowest BCUT2D eigenvalue weighted by Crippen LogP contribution is -2.23. The van der Waals surface area contributed by atoms with Crippen molar-refractivity contribution in [3.8, 4) is 11.5 Å². The largest absolute Gasteiger partial charge is 0.493 e. The van der Waals surface area contributed by atoms with Crippen LogP contribution in [-0.2, 0) is 11.4 Å². The van der Waals surface area contributed by atoms with Crippen molar-refractivity contribution < 1.29 is 18.7 Å². The summed E-state index contributed by atoms with van der Waals surface area (Å²) in [4.78, 5) is 5.57. The predicted molar refractivity (Wildman–Crippen MR) is 84.9 cm³/mol. The summed E-state index contributed by atoms with van der Waals surface area (Å²) in [7, 11) is 3.20. The number of hydroxylamine groups is 2. The molecule has 23 heavy (non-hydrogen) atoms. The number of furan rings is 1. The van der Waals surface area contributed by atoms with E-state index < -0.39 is 0 Å². The van der Waals surface area contributed by atoms with Crippen molar-refractivity contribution in [2.24, 2.45) is 5.73 Å². The third-order valence-corrected chi connectivity index (χ3v) is 3.73. The minimum atomic E-state index is -0.240. The Kier molecular flexibility index (Phi) is 4.36. The molecule has 6 nitrogen and oxygen atoms in total. The van der Waals surface area contributed by atoms with Crippen LogP contribution in [-0.4, -0.2) is 19.3 Å². The van der Waals surface area contributed by atoms with Crippen molar-refractivity contribution in [2.75, 3.05) is 14.2 Å². The Bertz CT molecular complexity index is 729. The monoisotopic (exact) mass is 336 g/mol. The maximum Gasteiger partial charge on any atom is 0.207 e. The summed E-state index contributed by atoms with van der Waals surface area (Å²) < 4.78 is 16.0. The van der Waals surface area contributed by atoms with Gasteiger partial charge in [-0.3, -0.25) is 0 Å². The zero-order valence-electron chi connectivity index (χ0n) is 12.8. The molecule has 0 amide bonds. The van der Waals surface area contributed by atoms with Gasteiger partial charge in [0, 0.05) is 6.08 Å². The fraction of sp³-hybridized carbons (Fsp3) is 0.250. The van der Waals surface area contributed by atoms with Gasteiger partial charge in [-0.25, -0.2) is 0 Å². The lowest BCUT2D eigenvalue weighted by Gasteiger charge is -2.21. The van der Waals surface area contributed by atoms with Crippen LogP contribution in [0.4, 0.5) is 0 Å². The molecule has 0 fully saturated rings. The standard InChI is InChI=1S/C16H17ClN2O4/c1-20-13-4-3-10(7-14(13)21-2)9-19-11(8-16(18)23-19)12-5-6-15(17)22-12/h3-8,11H,9,18H2,1-2H3. The van der Waals surface area contributed by atoms with Crippen LogP contribution in [0.3, 0.4) is 0 Å². The first-order valence-electron chi connectivity index (χ1n) is 6.98. The molecule has 122 valence electrons. The van der Waals surface area contributed by atoms with E-state index in [4.69, 9.17) is 36.1 Å². The second-order valence-corrected chi connectivity index (χ2v) is 5.38. The van der Waals surface area contributed by atoms with E-state index >= 15 is 0 Å². The lowest BCUT2D eigenvalue weighted by atomic mass is 10.1. The Morgan fingerprint density at radius 2 is 1.96 bits per heavy atom. The second kappa shape index (κ2) is 6.44. The van der Waals surface area contributed by atoms with Crippen molar-refractivity contribution in [1.82, 2.24) is 5.06 Å². The zero-order chi connectivity index (χ0) is 16.4. The number of rotatable bonds is 5. The highest BCUT2D eigenvalue weighted by molar-refractivity contribution is 6.28. The van der Waals surface area contributed by atoms with E-state index in [2.05, 4.69) is 0 Å². The van der Waals surface area contributed by atoms with Crippen LogP contribution in [0, 0.1) is 0 Å². The minimum absolute atomic E-state index is 0.240. The Balaban J connectivity index is 1.81. The van der Waals surface area contributed by atoms with Gasteiger partial charge in [0.2, 0.25) is 5.88 Å². The number of nitrogens with zero attached hydrogens (tertiary/aromatic N) is 1. The molecular weight excluding hydrogens is 320 g/mol. The van der Waals surface area contributed by atoms with Crippen molar-refractivity contribution in [3.05, 3.63) is 58.8 Å². The van der Waals surface area contributed by atoms with Gasteiger partial charge in [0.15, 0.2) is 16.7 Å². The SMILES string of the molecule is COc1ccc(CN2OC(N)=CC2c2ccc(Cl)o2)cc1OC. The number of halogens is 1. The van der Waals surface area contributed by atoms with Gasteiger partial charge in [-0.2, -0.15) is 0 Å². The van der Waals surface area contributed by atoms with E-state index in [1.165, 1.54) is 0 Å². The molecule has 0 bridgehead atoms. The summed E-state index contributed by atoms with van der Waals surface area (Å²) in [6.07, 6.45) is 1.77. The van der Waals surface area contributed by atoms with Crippen molar-refractivity contribution >= 4 is 11.6 Å². The molecule has 3 rings (SSSR count). The zero-order valence-corrected chi connectivity index (χ0v) is 13.5. The lowest BCUT2D eigenvalue weighted by molar-refractivity contribution is -0.131. The molecule has 2 heterocycles. The molecular formula is C16H17ClN2O4. The van der Waals surface area contributed by atoms with Crippen LogP contribution in [0.5, 0.6) is 11.5 Å². The van der Waals surface area contributed by atoms with E-state index in [1.807, 2.05) is 18.2 Å².